The average Bonchev–Trinajstić information content (AvgIpc) is 3.05. The van der Waals surface area contributed by atoms with Crippen LogP contribution in [0.3, 0.4) is 0 Å². The third-order valence-corrected chi connectivity index (χ3v) is 3.98. The Morgan fingerprint density at radius 1 is 1.08 bits per heavy atom. The van der Waals surface area contributed by atoms with Crippen LogP contribution < -0.4 is 0 Å². The van der Waals surface area contributed by atoms with Crippen LogP contribution in [0.4, 0.5) is 0 Å². The summed E-state index contributed by atoms with van der Waals surface area (Å²) < 4.78 is 5.48. The molecule has 1 aromatic heterocycles. The van der Waals surface area contributed by atoms with E-state index in [1.54, 1.807) is 11.9 Å². The van der Waals surface area contributed by atoms with Crippen molar-refractivity contribution in [3.8, 4) is 11.3 Å². The summed E-state index contributed by atoms with van der Waals surface area (Å²) in [6.45, 7) is 4.50. The van der Waals surface area contributed by atoms with E-state index in [1.807, 2.05) is 50.2 Å². The lowest BCUT2D eigenvalue weighted by Crippen LogP contribution is -2.26. The zero-order chi connectivity index (χ0) is 17.1. The number of benzene rings is 2. The summed E-state index contributed by atoms with van der Waals surface area (Å²) >= 11 is 0. The molecule has 3 rings (SSSR count). The van der Waals surface area contributed by atoms with Crippen LogP contribution in [-0.4, -0.2) is 23.0 Å². The minimum absolute atomic E-state index is 0.0353. The number of carbonyl (C=O) groups excluding carboxylic acids is 1. The molecule has 0 unspecified atom stereocenters. The molecule has 0 saturated carbocycles. The first-order chi connectivity index (χ1) is 11.5. The van der Waals surface area contributed by atoms with E-state index in [9.17, 15) is 4.79 Å². The number of rotatable bonds is 4. The van der Waals surface area contributed by atoms with Gasteiger partial charge in [-0.15, -0.1) is 0 Å². The molecular formula is C20H20N2O2. The van der Waals surface area contributed by atoms with Gasteiger partial charge in [0.05, 0.1) is 6.54 Å². The molecule has 4 heteroatoms. The number of aryl methyl sites for hydroxylation is 2. The highest BCUT2D eigenvalue weighted by Gasteiger charge is 2.15. The van der Waals surface area contributed by atoms with Gasteiger partial charge in [0.1, 0.15) is 5.69 Å². The first-order valence-electron chi connectivity index (χ1n) is 7.88. The molecule has 3 aromatic rings. The maximum atomic E-state index is 12.4. The second-order valence-electron chi connectivity index (χ2n) is 6.03. The molecule has 0 bridgehead atoms. The van der Waals surface area contributed by atoms with E-state index in [1.165, 1.54) is 5.56 Å². The van der Waals surface area contributed by atoms with E-state index in [0.29, 0.717) is 12.1 Å². The summed E-state index contributed by atoms with van der Waals surface area (Å²) in [7, 11) is 1.77. The van der Waals surface area contributed by atoms with Crippen molar-refractivity contribution in [1.29, 1.82) is 0 Å². The van der Waals surface area contributed by atoms with Gasteiger partial charge in [-0.2, -0.15) is 0 Å². The van der Waals surface area contributed by atoms with E-state index >= 15 is 0 Å². The number of hydrogen-bond acceptors (Lipinski definition) is 3. The van der Waals surface area contributed by atoms with E-state index in [4.69, 9.17) is 4.52 Å². The fourth-order valence-electron chi connectivity index (χ4n) is 2.63. The Labute approximate surface area is 141 Å². The van der Waals surface area contributed by atoms with E-state index in [0.717, 1.165) is 22.6 Å². The standard InChI is InChI=1S/C20H20N2O2/c1-14-9-10-15(2)18(11-14)19-12-17(21-24-19)13-22(3)20(23)16-7-5-4-6-8-16/h4-12H,13H2,1-3H3. The molecule has 0 spiro atoms. The van der Waals surface area contributed by atoms with Gasteiger partial charge in [-0.25, -0.2) is 0 Å². The SMILES string of the molecule is Cc1ccc(C)c(-c2cc(CN(C)C(=O)c3ccccc3)no2)c1. The largest absolute Gasteiger partial charge is 0.356 e. The molecule has 0 aliphatic carbocycles. The Morgan fingerprint density at radius 3 is 2.58 bits per heavy atom. The molecule has 0 radical (unpaired) electrons. The highest BCUT2D eigenvalue weighted by Crippen LogP contribution is 2.25. The van der Waals surface area contributed by atoms with Crippen LogP contribution in [0.2, 0.25) is 0 Å². The molecule has 24 heavy (non-hydrogen) atoms. The Balaban J connectivity index is 1.76. The van der Waals surface area contributed by atoms with Crippen molar-refractivity contribution in [2.75, 3.05) is 7.05 Å². The highest BCUT2D eigenvalue weighted by atomic mass is 16.5. The second kappa shape index (κ2) is 6.71. The molecule has 0 aliphatic heterocycles. The molecule has 0 fully saturated rings. The summed E-state index contributed by atoms with van der Waals surface area (Å²) in [4.78, 5) is 14.0. The quantitative estimate of drug-likeness (QED) is 0.722. The van der Waals surface area contributed by atoms with Crippen LogP contribution in [0.15, 0.2) is 59.1 Å². The van der Waals surface area contributed by atoms with Gasteiger partial charge in [0.2, 0.25) is 0 Å². The first kappa shape index (κ1) is 16.0. The zero-order valence-corrected chi connectivity index (χ0v) is 14.1. The number of hydrogen-bond donors (Lipinski definition) is 0. The average molecular weight is 320 g/mol. The fourth-order valence-corrected chi connectivity index (χ4v) is 2.63. The van der Waals surface area contributed by atoms with Crippen LogP contribution in [-0.2, 0) is 6.54 Å². The van der Waals surface area contributed by atoms with Crippen LogP contribution in [0, 0.1) is 13.8 Å². The number of aromatic nitrogens is 1. The normalized spacial score (nSPS) is 10.6. The van der Waals surface area contributed by atoms with Crippen molar-refractivity contribution in [2.45, 2.75) is 20.4 Å². The van der Waals surface area contributed by atoms with Crippen molar-refractivity contribution in [1.82, 2.24) is 10.1 Å². The fraction of sp³-hybridized carbons (Fsp3) is 0.200. The molecule has 2 aromatic carbocycles. The summed E-state index contributed by atoms with van der Waals surface area (Å²) in [5.74, 6) is 0.693. The zero-order valence-electron chi connectivity index (χ0n) is 14.1. The van der Waals surface area contributed by atoms with Crippen LogP contribution >= 0.6 is 0 Å². The molecule has 4 nitrogen and oxygen atoms in total. The number of nitrogens with zero attached hydrogens (tertiary/aromatic N) is 2. The molecule has 1 amide bonds. The summed E-state index contributed by atoms with van der Waals surface area (Å²) in [5, 5.41) is 4.11. The Hall–Kier alpha value is -2.88. The minimum atomic E-state index is -0.0353. The summed E-state index contributed by atoms with van der Waals surface area (Å²) in [5.41, 5.74) is 4.74. The van der Waals surface area contributed by atoms with Crippen molar-refractivity contribution in [2.24, 2.45) is 0 Å². The van der Waals surface area contributed by atoms with E-state index in [2.05, 4.69) is 23.4 Å². The molecule has 1 heterocycles. The van der Waals surface area contributed by atoms with Gasteiger partial charge < -0.3 is 9.42 Å². The van der Waals surface area contributed by atoms with Crippen molar-refractivity contribution in [3.63, 3.8) is 0 Å². The van der Waals surface area contributed by atoms with Crippen LogP contribution in [0.1, 0.15) is 27.2 Å². The first-order valence-corrected chi connectivity index (χ1v) is 7.88. The highest BCUT2D eigenvalue weighted by molar-refractivity contribution is 5.93. The van der Waals surface area contributed by atoms with E-state index in [-0.39, 0.29) is 5.91 Å². The van der Waals surface area contributed by atoms with Crippen molar-refractivity contribution >= 4 is 5.91 Å². The molecular weight excluding hydrogens is 300 g/mol. The lowest BCUT2D eigenvalue weighted by atomic mass is 10.0. The second-order valence-corrected chi connectivity index (χ2v) is 6.03. The summed E-state index contributed by atoms with van der Waals surface area (Å²) in [6.07, 6.45) is 0. The monoisotopic (exact) mass is 320 g/mol. The number of carbonyl (C=O) groups is 1. The predicted octanol–water partition coefficient (Wildman–Crippen LogP) is 4.23. The molecule has 0 aliphatic rings. The van der Waals surface area contributed by atoms with E-state index < -0.39 is 0 Å². The third kappa shape index (κ3) is 3.38. The van der Waals surface area contributed by atoms with Crippen molar-refractivity contribution < 1.29 is 9.32 Å². The Kier molecular flexibility index (Phi) is 4.47. The lowest BCUT2D eigenvalue weighted by Gasteiger charge is -2.15. The Bertz CT molecular complexity index is 853. The van der Waals surface area contributed by atoms with Crippen LogP contribution in [0.5, 0.6) is 0 Å². The lowest BCUT2D eigenvalue weighted by molar-refractivity contribution is 0.0782. The minimum Gasteiger partial charge on any atom is -0.356 e. The van der Waals surface area contributed by atoms with Gasteiger partial charge in [0.25, 0.3) is 5.91 Å². The van der Waals surface area contributed by atoms with Gasteiger partial charge >= 0.3 is 0 Å². The number of amides is 1. The Morgan fingerprint density at radius 2 is 1.83 bits per heavy atom. The smallest absolute Gasteiger partial charge is 0.253 e. The van der Waals surface area contributed by atoms with Gasteiger partial charge in [-0.3, -0.25) is 4.79 Å². The molecule has 0 N–H and O–H groups in total. The topological polar surface area (TPSA) is 46.3 Å². The van der Waals surface area contributed by atoms with Gasteiger partial charge in [0.15, 0.2) is 5.76 Å². The maximum Gasteiger partial charge on any atom is 0.253 e. The van der Waals surface area contributed by atoms with Gasteiger partial charge in [-0.1, -0.05) is 41.1 Å². The van der Waals surface area contributed by atoms with Crippen LogP contribution in [0.25, 0.3) is 11.3 Å². The maximum absolute atomic E-state index is 12.4. The predicted molar refractivity (Wildman–Crippen MR) is 93.7 cm³/mol. The molecule has 122 valence electrons. The molecule has 0 saturated heterocycles. The summed E-state index contributed by atoms with van der Waals surface area (Å²) in [6, 6.07) is 17.3. The van der Waals surface area contributed by atoms with Crippen molar-refractivity contribution in [3.05, 3.63) is 77.0 Å². The van der Waals surface area contributed by atoms with Gasteiger partial charge in [-0.05, 0) is 37.6 Å². The van der Waals surface area contributed by atoms with Gasteiger partial charge in [0, 0.05) is 24.2 Å². The molecule has 0 atom stereocenters. The third-order valence-electron chi connectivity index (χ3n) is 3.98.